The van der Waals surface area contributed by atoms with Gasteiger partial charge in [-0.05, 0) is 38.3 Å². The number of nitriles is 1. The van der Waals surface area contributed by atoms with Crippen molar-refractivity contribution in [1.29, 1.82) is 5.26 Å². The van der Waals surface area contributed by atoms with Crippen LogP contribution in [-0.4, -0.2) is 58.3 Å². The third kappa shape index (κ3) is 5.08. The number of thioether (sulfide) groups is 1. The fourth-order valence-corrected chi connectivity index (χ4v) is 4.79. The maximum atomic E-state index is 9.58. The number of nitrogen functional groups attached to an aromatic ring is 1. The molecule has 1 aliphatic rings. The Balaban J connectivity index is 1.60. The highest BCUT2D eigenvalue weighted by Gasteiger charge is 2.21. The first kappa shape index (κ1) is 22.0. The number of aliphatic imine (C=N–C) groups is 1. The largest absolute Gasteiger partial charge is 0.382 e. The Morgan fingerprint density at radius 1 is 1.40 bits per heavy atom. The van der Waals surface area contributed by atoms with Crippen LogP contribution in [0.15, 0.2) is 29.3 Å². The van der Waals surface area contributed by atoms with E-state index >= 15 is 0 Å². The quantitative estimate of drug-likeness (QED) is 0.420. The maximum absolute atomic E-state index is 9.58. The van der Waals surface area contributed by atoms with Crippen LogP contribution in [0, 0.1) is 18.3 Å². The Labute approximate surface area is 183 Å². The van der Waals surface area contributed by atoms with Gasteiger partial charge in [-0.2, -0.15) is 22.1 Å². The molecule has 160 valence electrons. The maximum Gasteiger partial charge on any atom is 0.193 e. The van der Waals surface area contributed by atoms with Gasteiger partial charge in [0.05, 0.1) is 11.4 Å². The normalized spacial score (nSPS) is 17.1. The molecule has 0 radical (unpaired) electrons. The molecule has 0 bridgehead atoms. The van der Waals surface area contributed by atoms with Crippen LogP contribution in [0.2, 0.25) is 0 Å². The van der Waals surface area contributed by atoms with E-state index in [2.05, 4.69) is 33.3 Å². The first-order chi connectivity index (χ1) is 14.6. The van der Waals surface area contributed by atoms with Crippen molar-refractivity contribution >= 4 is 23.5 Å². The molecule has 1 unspecified atom stereocenters. The van der Waals surface area contributed by atoms with E-state index in [0.717, 1.165) is 49.1 Å². The van der Waals surface area contributed by atoms with E-state index in [9.17, 15) is 5.26 Å². The zero-order valence-corrected chi connectivity index (χ0v) is 18.9. The number of rotatable bonds is 6. The first-order valence-electron chi connectivity index (χ1n) is 10.5. The molecule has 2 aromatic rings. The molecule has 0 spiro atoms. The molecule has 1 saturated heterocycles. The molecular formula is C22H31N7S. The lowest BCUT2D eigenvalue weighted by Gasteiger charge is -2.34. The topological polar surface area (TPSA) is 95.3 Å². The minimum Gasteiger partial charge on any atom is -0.382 e. The van der Waals surface area contributed by atoms with E-state index in [4.69, 9.17) is 5.73 Å². The molecule has 3 rings (SSSR count). The monoisotopic (exact) mass is 425 g/mol. The van der Waals surface area contributed by atoms with Crippen LogP contribution in [0.1, 0.15) is 36.6 Å². The van der Waals surface area contributed by atoms with Crippen molar-refractivity contribution in [3.8, 4) is 11.8 Å². The first-order valence-corrected chi connectivity index (χ1v) is 11.5. The van der Waals surface area contributed by atoms with Gasteiger partial charge in [0.2, 0.25) is 0 Å². The summed E-state index contributed by atoms with van der Waals surface area (Å²) in [4.78, 5) is 6.80. The molecular weight excluding hydrogens is 394 g/mol. The highest BCUT2D eigenvalue weighted by atomic mass is 32.2. The number of aryl methyl sites for hydroxylation is 2. The lowest BCUT2D eigenvalue weighted by Crippen LogP contribution is -2.48. The number of nitrogens with zero attached hydrogens (tertiary/aromatic N) is 5. The number of hydrogen-bond acceptors (Lipinski definition) is 5. The van der Waals surface area contributed by atoms with Crippen molar-refractivity contribution in [1.82, 2.24) is 20.0 Å². The smallest absolute Gasteiger partial charge is 0.193 e. The van der Waals surface area contributed by atoms with E-state index in [-0.39, 0.29) is 0 Å². The van der Waals surface area contributed by atoms with Gasteiger partial charge in [0, 0.05) is 37.7 Å². The standard InChI is InChI=1S/C22H31N7S/c1-4-18-15-28(12-13-30-18)22(25-3)26-11-5-6-20-19(14-23)21(24)29(27-20)17-9-7-16(2)8-10-17/h7-10,18H,4-6,11-13,15,24H2,1-3H3,(H,25,26). The van der Waals surface area contributed by atoms with Gasteiger partial charge in [-0.25, -0.2) is 4.68 Å². The fourth-order valence-electron chi connectivity index (χ4n) is 3.60. The summed E-state index contributed by atoms with van der Waals surface area (Å²) in [7, 11) is 1.84. The second kappa shape index (κ2) is 10.4. The zero-order chi connectivity index (χ0) is 21.5. The number of benzene rings is 1. The second-order valence-electron chi connectivity index (χ2n) is 7.49. The summed E-state index contributed by atoms with van der Waals surface area (Å²) in [5.74, 6) is 2.50. The van der Waals surface area contributed by atoms with Gasteiger partial charge in [0.25, 0.3) is 0 Å². The molecule has 1 aromatic carbocycles. The van der Waals surface area contributed by atoms with Crippen LogP contribution >= 0.6 is 11.8 Å². The van der Waals surface area contributed by atoms with E-state index in [1.807, 2.05) is 50.0 Å². The lowest BCUT2D eigenvalue weighted by atomic mass is 10.1. The molecule has 3 N–H and O–H groups in total. The molecule has 7 nitrogen and oxygen atoms in total. The summed E-state index contributed by atoms with van der Waals surface area (Å²) >= 11 is 2.05. The van der Waals surface area contributed by atoms with Crippen molar-refractivity contribution in [2.75, 3.05) is 38.2 Å². The van der Waals surface area contributed by atoms with Crippen molar-refractivity contribution in [3.05, 3.63) is 41.1 Å². The van der Waals surface area contributed by atoms with Gasteiger partial charge in [0.1, 0.15) is 17.5 Å². The number of nitrogens with two attached hydrogens (primary N) is 1. The summed E-state index contributed by atoms with van der Waals surface area (Å²) < 4.78 is 1.66. The van der Waals surface area contributed by atoms with E-state index in [1.165, 1.54) is 12.0 Å². The predicted octanol–water partition coefficient (Wildman–Crippen LogP) is 2.97. The molecule has 0 amide bonds. The number of aromatic nitrogens is 2. The van der Waals surface area contributed by atoms with Crippen LogP contribution in [0.3, 0.4) is 0 Å². The van der Waals surface area contributed by atoms with Crippen LogP contribution in [-0.2, 0) is 6.42 Å². The second-order valence-corrected chi connectivity index (χ2v) is 8.90. The SMILES string of the molecule is CCC1CN(C(=NC)NCCCc2nn(-c3ccc(C)cc3)c(N)c2C#N)CCS1. The minimum atomic E-state index is 0.400. The summed E-state index contributed by atoms with van der Waals surface area (Å²) in [6.45, 7) is 7.11. The van der Waals surface area contributed by atoms with Crippen molar-refractivity contribution in [2.24, 2.45) is 4.99 Å². The Morgan fingerprint density at radius 3 is 2.83 bits per heavy atom. The molecule has 1 atom stereocenters. The molecule has 8 heteroatoms. The molecule has 2 heterocycles. The van der Waals surface area contributed by atoms with E-state index in [0.29, 0.717) is 23.1 Å². The fraction of sp³-hybridized carbons (Fsp3) is 0.500. The number of hydrogen-bond donors (Lipinski definition) is 2. The Bertz CT molecular complexity index is 911. The van der Waals surface area contributed by atoms with Gasteiger partial charge in [-0.1, -0.05) is 24.6 Å². The molecule has 1 aromatic heterocycles. The number of anilines is 1. The third-order valence-electron chi connectivity index (χ3n) is 5.36. The molecule has 1 fully saturated rings. The molecule has 0 aliphatic carbocycles. The highest BCUT2D eigenvalue weighted by Crippen LogP contribution is 2.22. The summed E-state index contributed by atoms with van der Waals surface area (Å²) in [5.41, 5.74) is 9.47. The van der Waals surface area contributed by atoms with Gasteiger partial charge < -0.3 is 16.0 Å². The zero-order valence-electron chi connectivity index (χ0n) is 18.1. The van der Waals surface area contributed by atoms with Gasteiger partial charge in [-0.3, -0.25) is 4.99 Å². The minimum absolute atomic E-state index is 0.400. The lowest BCUT2D eigenvalue weighted by molar-refractivity contribution is 0.408. The van der Waals surface area contributed by atoms with Crippen LogP contribution in [0.5, 0.6) is 0 Å². The average Bonchev–Trinajstić information content (AvgIpc) is 3.09. The summed E-state index contributed by atoms with van der Waals surface area (Å²) in [6, 6.07) is 10.2. The molecule has 1 aliphatic heterocycles. The number of guanidine groups is 1. The van der Waals surface area contributed by atoms with Gasteiger partial charge in [-0.15, -0.1) is 0 Å². The van der Waals surface area contributed by atoms with Crippen molar-refractivity contribution in [3.63, 3.8) is 0 Å². The van der Waals surface area contributed by atoms with Gasteiger partial charge in [0.15, 0.2) is 5.96 Å². The van der Waals surface area contributed by atoms with Crippen LogP contribution in [0.4, 0.5) is 5.82 Å². The van der Waals surface area contributed by atoms with E-state index in [1.54, 1.807) is 4.68 Å². The average molecular weight is 426 g/mol. The predicted molar refractivity (Wildman–Crippen MR) is 125 cm³/mol. The Hall–Kier alpha value is -2.66. The third-order valence-corrected chi connectivity index (χ3v) is 6.73. The van der Waals surface area contributed by atoms with Crippen molar-refractivity contribution in [2.45, 2.75) is 38.4 Å². The molecule has 30 heavy (non-hydrogen) atoms. The molecule has 0 saturated carbocycles. The Kier molecular flexibility index (Phi) is 7.63. The van der Waals surface area contributed by atoms with Crippen LogP contribution in [0.25, 0.3) is 5.69 Å². The summed E-state index contributed by atoms with van der Waals surface area (Å²) in [6.07, 6.45) is 2.71. The Morgan fingerprint density at radius 2 is 2.17 bits per heavy atom. The highest BCUT2D eigenvalue weighted by molar-refractivity contribution is 8.00. The number of nitrogens with one attached hydrogen (secondary N) is 1. The van der Waals surface area contributed by atoms with Gasteiger partial charge >= 0.3 is 0 Å². The van der Waals surface area contributed by atoms with Crippen molar-refractivity contribution < 1.29 is 0 Å². The van der Waals surface area contributed by atoms with Crippen LogP contribution < -0.4 is 11.1 Å². The van der Waals surface area contributed by atoms with E-state index < -0.39 is 0 Å². The summed E-state index contributed by atoms with van der Waals surface area (Å²) in [5, 5.41) is 18.3.